The second kappa shape index (κ2) is 4.97. The summed E-state index contributed by atoms with van der Waals surface area (Å²) in [5.74, 6) is -0.148. The van der Waals surface area contributed by atoms with Gasteiger partial charge in [-0.05, 0) is 17.3 Å². The highest BCUT2D eigenvalue weighted by molar-refractivity contribution is 6.04. The zero-order valence-corrected chi connectivity index (χ0v) is 10.4. The molecule has 0 amide bonds. The maximum Gasteiger partial charge on any atom is 0.157 e. The number of phenols is 1. The third-order valence-corrected chi connectivity index (χ3v) is 3.03. The lowest BCUT2D eigenvalue weighted by Crippen LogP contribution is -1.92. The molecular formula is C15H11N3O2. The Hall–Kier alpha value is -2.95. The van der Waals surface area contributed by atoms with E-state index in [0.717, 1.165) is 11.1 Å². The summed E-state index contributed by atoms with van der Waals surface area (Å²) in [6.07, 6.45) is 3.36. The van der Waals surface area contributed by atoms with Crippen LogP contribution >= 0.6 is 0 Å². The third kappa shape index (κ3) is 2.05. The van der Waals surface area contributed by atoms with Crippen molar-refractivity contribution in [2.45, 2.75) is 0 Å². The summed E-state index contributed by atoms with van der Waals surface area (Å²) >= 11 is 0. The normalized spacial score (nSPS) is 10.4. The molecule has 3 aromatic rings. The van der Waals surface area contributed by atoms with Crippen molar-refractivity contribution in [1.29, 1.82) is 0 Å². The second-order valence-electron chi connectivity index (χ2n) is 4.30. The number of rotatable bonds is 3. The standard InChI is InChI=1S/C15H11N3O2/c19-14-8-13(17-10-4-3-7-16-9-10)11-5-1-2-6-12(11)15(14)18-20/h1-9,17,19H. The van der Waals surface area contributed by atoms with Crippen LogP contribution in [0.25, 0.3) is 10.8 Å². The number of nitrogens with one attached hydrogen (secondary N) is 1. The van der Waals surface area contributed by atoms with Gasteiger partial charge in [-0.25, -0.2) is 0 Å². The van der Waals surface area contributed by atoms with E-state index in [-0.39, 0.29) is 11.4 Å². The number of aromatic nitrogens is 1. The summed E-state index contributed by atoms with van der Waals surface area (Å²) in [6.45, 7) is 0. The molecule has 5 heteroatoms. The number of hydrogen-bond donors (Lipinski definition) is 2. The average molecular weight is 265 g/mol. The molecule has 3 rings (SSSR count). The summed E-state index contributed by atoms with van der Waals surface area (Å²) in [6, 6.07) is 12.4. The quantitative estimate of drug-likeness (QED) is 0.699. The predicted octanol–water partition coefficient (Wildman–Crippen LogP) is 4.08. The highest BCUT2D eigenvalue weighted by Gasteiger charge is 2.12. The molecule has 0 radical (unpaired) electrons. The zero-order valence-electron chi connectivity index (χ0n) is 10.4. The van der Waals surface area contributed by atoms with Crippen molar-refractivity contribution in [3.05, 3.63) is 59.8 Å². The van der Waals surface area contributed by atoms with Crippen LogP contribution < -0.4 is 5.32 Å². The lowest BCUT2D eigenvalue weighted by atomic mass is 10.1. The van der Waals surface area contributed by atoms with Crippen LogP contribution in [0.2, 0.25) is 0 Å². The summed E-state index contributed by atoms with van der Waals surface area (Å²) in [5, 5.41) is 17.4. The molecule has 0 bridgehead atoms. The van der Waals surface area contributed by atoms with Crippen molar-refractivity contribution >= 4 is 27.8 Å². The van der Waals surface area contributed by atoms with Crippen molar-refractivity contribution in [3.8, 4) is 5.75 Å². The largest absolute Gasteiger partial charge is 0.505 e. The van der Waals surface area contributed by atoms with E-state index in [9.17, 15) is 10.0 Å². The highest BCUT2D eigenvalue weighted by atomic mass is 16.3. The smallest absolute Gasteiger partial charge is 0.157 e. The summed E-state index contributed by atoms with van der Waals surface area (Å²) < 4.78 is 0. The fourth-order valence-corrected chi connectivity index (χ4v) is 2.14. The van der Waals surface area contributed by atoms with E-state index in [0.29, 0.717) is 11.1 Å². The number of benzene rings is 2. The topological polar surface area (TPSA) is 74.6 Å². The highest BCUT2D eigenvalue weighted by Crippen LogP contribution is 2.40. The first kappa shape index (κ1) is 12.1. The molecule has 0 aliphatic heterocycles. The lowest BCUT2D eigenvalue weighted by molar-refractivity contribution is 0.478. The second-order valence-corrected chi connectivity index (χ2v) is 4.30. The van der Waals surface area contributed by atoms with Gasteiger partial charge in [0.2, 0.25) is 0 Å². The van der Waals surface area contributed by atoms with Gasteiger partial charge >= 0.3 is 0 Å². The molecule has 1 heterocycles. The Kier molecular flexibility index (Phi) is 3.01. The van der Waals surface area contributed by atoms with E-state index in [1.54, 1.807) is 24.5 Å². The monoisotopic (exact) mass is 265 g/mol. The minimum absolute atomic E-state index is 0.0531. The zero-order chi connectivity index (χ0) is 13.9. The van der Waals surface area contributed by atoms with Gasteiger partial charge in [-0.1, -0.05) is 24.3 Å². The number of nitrogens with zero attached hydrogens (tertiary/aromatic N) is 2. The van der Waals surface area contributed by atoms with Crippen molar-refractivity contribution in [2.75, 3.05) is 5.32 Å². The molecule has 0 saturated heterocycles. The van der Waals surface area contributed by atoms with Crippen LogP contribution in [0, 0.1) is 4.91 Å². The molecule has 0 aliphatic rings. The lowest BCUT2D eigenvalue weighted by Gasteiger charge is -2.11. The fraction of sp³-hybridized carbons (Fsp3) is 0. The maximum absolute atomic E-state index is 10.9. The van der Waals surface area contributed by atoms with Crippen LogP contribution in [0.3, 0.4) is 0 Å². The summed E-state index contributed by atoms with van der Waals surface area (Å²) in [4.78, 5) is 14.9. The molecular weight excluding hydrogens is 254 g/mol. The molecule has 0 saturated carbocycles. The first-order chi connectivity index (χ1) is 9.79. The van der Waals surface area contributed by atoms with Crippen LogP contribution in [-0.2, 0) is 0 Å². The van der Waals surface area contributed by atoms with Gasteiger partial charge in [-0.15, -0.1) is 4.91 Å². The third-order valence-electron chi connectivity index (χ3n) is 3.03. The van der Waals surface area contributed by atoms with Crippen LogP contribution in [0.4, 0.5) is 17.1 Å². The average Bonchev–Trinajstić information content (AvgIpc) is 2.49. The Bertz CT molecular complexity index is 773. The number of aromatic hydroxyl groups is 1. The molecule has 98 valence electrons. The molecule has 0 fully saturated rings. The first-order valence-corrected chi connectivity index (χ1v) is 6.04. The van der Waals surface area contributed by atoms with Gasteiger partial charge in [-0.3, -0.25) is 4.98 Å². The predicted molar refractivity (Wildman–Crippen MR) is 78.6 cm³/mol. The van der Waals surface area contributed by atoms with Crippen molar-refractivity contribution in [3.63, 3.8) is 0 Å². The van der Waals surface area contributed by atoms with Gasteiger partial charge in [0.25, 0.3) is 0 Å². The summed E-state index contributed by atoms with van der Waals surface area (Å²) in [5.41, 5.74) is 1.54. The van der Waals surface area contributed by atoms with Crippen LogP contribution in [0.1, 0.15) is 0 Å². The minimum atomic E-state index is -0.148. The van der Waals surface area contributed by atoms with Gasteiger partial charge in [0.15, 0.2) is 5.69 Å². The molecule has 2 N–H and O–H groups in total. The van der Waals surface area contributed by atoms with Crippen molar-refractivity contribution < 1.29 is 5.11 Å². The SMILES string of the molecule is O=Nc1c(O)cc(Nc2cccnc2)c2ccccc12. The Morgan fingerprint density at radius 3 is 2.60 bits per heavy atom. The Balaban J connectivity index is 2.19. The van der Waals surface area contributed by atoms with Crippen molar-refractivity contribution in [2.24, 2.45) is 5.18 Å². The molecule has 0 atom stereocenters. The molecule has 0 unspecified atom stereocenters. The molecule has 20 heavy (non-hydrogen) atoms. The number of anilines is 2. The van der Waals surface area contributed by atoms with Gasteiger partial charge in [0.1, 0.15) is 5.75 Å². The van der Waals surface area contributed by atoms with Gasteiger partial charge in [-0.2, -0.15) is 0 Å². The van der Waals surface area contributed by atoms with Gasteiger partial charge in [0, 0.05) is 23.0 Å². The number of nitroso groups, excluding NO2 is 1. The Morgan fingerprint density at radius 2 is 1.90 bits per heavy atom. The fourth-order valence-electron chi connectivity index (χ4n) is 2.14. The molecule has 1 aromatic heterocycles. The van der Waals surface area contributed by atoms with Crippen LogP contribution in [0.15, 0.2) is 60.0 Å². The molecule has 0 spiro atoms. The van der Waals surface area contributed by atoms with E-state index in [4.69, 9.17) is 0 Å². The molecule has 2 aromatic carbocycles. The van der Waals surface area contributed by atoms with E-state index in [2.05, 4.69) is 15.5 Å². The van der Waals surface area contributed by atoms with E-state index in [1.807, 2.05) is 24.3 Å². The van der Waals surface area contributed by atoms with Crippen molar-refractivity contribution in [1.82, 2.24) is 4.98 Å². The van der Waals surface area contributed by atoms with Gasteiger partial charge < -0.3 is 10.4 Å². The molecule has 5 nitrogen and oxygen atoms in total. The number of hydrogen-bond acceptors (Lipinski definition) is 5. The van der Waals surface area contributed by atoms with Crippen LogP contribution in [0.5, 0.6) is 5.75 Å². The van der Waals surface area contributed by atoms with Gasteiger partial charge in [0.05, 0.1) is 17.6 Å². The Morgan fingerprint density at radius 1 is 1.10 bits per heavy atom. The van der Waals surface area contributed by atoms with E-state index >= 15 is 0 Å². The van der Waals surface area contributed by atoms with E-state index < -0.39 is 0 Å². The summed E-state index contributed by atoms with van der Waals surface area (Å²) in [7, 11) is 0. The minimum Gasteiger partial charge on any atom is -0.505 e. The Labute approximate surface area is 114 Å². The molecule has 0 aliphatic carbocycles. The maximum atomic E-state index is 10.9. The number of fused-ring (bicyclic) bond motifs is 1. The number of phenolic OH excluding ortho intramolecular Hbond substituents is 1. The first-order valence-electron chi connectivity index (χ1n) is 6.04. The van der Waals surface area contributed by atoms with E-state index in [1.165, 1.54) is 6.07 Å². The number of pyridine rings is 1. The van der Waals surface area contributed by atoms with Crippen LogP contribution in [-0.4, -0.2) is 10.1 Å².